The predicted molar refractivity (Wildman–Crippen MR) is 134 cm³/mol. The molecule has 0 radical (unpaired) electrons. The Bertz CT molecular complexity index is 943. The van der Waals surface area contributed by atoms with Gasteiger partial charge in [0, 0.05) is 31.5 Å². The molecule has 0 heterocycles. The van der Waals surface area contributed by atoms with Crippen LogP contribution >= 0.6 is 34.8 Å². The van der Waals surface area contributed by atoms with E-state index in [0.717, 1.165) is 0 Å². The lowest BCUT2D eigenvalue weighted by molar-refractivity contribution is -0.146. The van der Waals surface area contributed by atoms with Crippen molar-refractivity contribution in [1.82, 2.24) is 4.90 Å². The van der Waals surface area contributed by atoms with Gasteiger partial charge in [0.15, 0.2) is 6.61 Å². The molecule has 2 amide bonds. The molecule has 180 valence electrons. The molecule has 0 spiro atoms. The van der Waals surface area contributed by atoms with Crippen molar-refractivity contribution in [2.75, 3.05) is 31.7 Å². The average molecular weight is 516 g/mol. The number of anilines is 1. The third kappa shape index (κ3) is 7.51. The highest BCUT2D eigenvalue weighted by Gasteiger charge is 2.40. The minimum absolute atomic E-state index is 0.236. The Morgan fingerprint density at radius 2 is 1.70 bits per heavy atom. The maximum absolute atomic E-state index is 13.3. The Labute approximate surface area is 210 Å². The first-order valence-electron chi connectivity index (χ1n) is 10.7. The first-order chi connectivity index (χ1) is 15.7. The van der Waals surface area contributed by atoms with Crippen LogP contribution in [-0.4, -0.2) is 48.6 Å². The van der Waals surface area contributed by atoms with Gasteiger partial charge in [0.1, 0.15) is 11.3 Å². The molecule has 2 aromatic carbocycles. The first kappa shape index (κ1) is 27.3. The Balaban J connectivity index is 2.22. The molecule has 0 aromatic heterocycles. The van der Waals surface area contributed by atoms with Crippen molar-refractivity contribution in [2.45, 2.75) is 39.2 Å². The lowest BCUT2D eigenvalue weighted by Gasteiger charge is -2.39. The molecule has 0 bridgehead atoms. The van der Waals surface area contributed by atoms with Crippen molar-refractivity contribution < 1.29 is 19.1 Å². The summed E-state index contributed by atoms with van der Waals surface area (Å²) in [6.07, 6.45) is 0.973. The van der Waals surface area contributed by atoms with Crippen LogP contribution in [0.1, 0.15) is 33.6 Å². The van der Waals surface area contributed by atoms with Gasteiger partial charge < -0.3 is 19.7 Å². The molecular weight excluding hydrogens is 487 g/mol. The largest absolute Gasteiger partial charge is 0.482 e. The fourth-order valence-corrected chi connectivity index (χ4v) is 3.80. The number of ether oxygens (including phenoxy) is 2. The lowest BCUT2D eigenvalue weighted by atomic mass is 9.94. The molecule has 9 heteroatoms. The second kappa shape index (κ2) is 13.0. The summed E-state index contributed by atoms with van der Waals surface area (Å²) in [7, 11) is 0. The molecule has 0 fully saturated rings. The van der Waals surface area contributed by atoms with Crippen LogP contribution in [-0.2, 0) is 14.3 Å². The van der Waals surface area contributed by atoms with E-state index in [0.29, 0.717) is 38.3 Å². The Morgan fingerprint density at radius 1 is 1.03 bits per heavy atom. The average Bonchev–Trinajstić information content (AvgIpc) is 2.80. The number of benzene rings is 2. The molecule has 0 saturated carbocycles. The standard InChI is InChI=1S/C24H29Cl3N2O4/c1-4-24(3,23(31)28-17-10-7-6-8-11-17)29(12-9-13-32-5-2)22(30)16-33-21-15-19(26)18(25)14-20(21)27/h6-8,10-11,14-15H,4-5,9,12-13,16H2,1-3H3,(H,28,31)/t24-/m1/s1. The van der Waals surface area contributed by atoms with Crippen LogP contribution in [0.5, 0.6) is 5.75 Å². The molecule has 0 aliphatic heterocycles. The SMILES string of the molecule is CCOCCCN(C(=O)COc1cc(Cl)c(Cl)cc1Cl)[C@](C)(CC)C(=O)Nc1ccccc1. The molecule has 0 aliphatic carbocycles. The summed E-state index contributed by atoms with van der Waals surface area (Å²) in [6, 6.07) is 12.0. The van der Waals surface area contributed by atoms with Gasteiger partial charge in [0.2, 0.25) is 5.91 Å². The predicted octanol–water partition coefficient (Wildman–Crippen LogP) is 6.09. The molecule has 0 unspecified atom stereocenters. The normalized spacial score (nSPS) is 12.7. The third-order valence-electron chi connectivity index (χ3n) is 5.31. The number of nitrogens with one attached hydrogen (secondary N) is 1. The van der Waals surface area contributed by atoms with Gasteiger partial charge in [-0.1, -0.05) is 59.9 Å². The van der Waals surface area contributed by atoms with Crippen molar-refractivity contribution >= 4 is 52.3 Å². The van der Waals surface area contributed by atoms with Crippen LogP contribution < -0.4 is 10.1 Å². The topological polar surface area (TPSA) is 67.9 Å². The van der Waals surface area contributed by atoms with E-state index in [1.165, 1.54) is 17.0 Å². The molecule has 6 nitrogen and oxygen atoms in total. The van der Waals surface area contributed by atoms with Crippen molar-refractivity contribution in [1.29, 1.82) is 0 Å². The van der Waals surface area contributed by atoms with Gasteiger partial charge in [-0.15, -0.1) is 0 Å². The van der Waals surface area contributed by atoms with E-state index in [9.17, 15) is 9.59 Å². The van der Waals surface area contributed by atoms with Crippen LogP contribution in [0.2, 0.25) is 15.1 Å². The minimum atomic E-state index is -1.11. The van der Waals surface area contributed by atoms with Crippen LogP contribution in [0.3, 0.4) is 0 Å². The van der Waals surface area contributed by atoms with Crippen LogP contribution in [0.25, 0.3) is 0 Å². The van der Waals surface area contributed by atoms with Crippen molar-refractivity contribution in [3.63, 3.8) is 0 Å². The summed E-state index contributed by atoms with van der Waals surface area (Å²) in [5, 5.41) is 3.69. The van der Waals surface area contributed by atoms with Gasteiger partial charge >= 0.3 is 0 Å². The number of carbonyl (C=O) groups excluding carboxylic acids is 2. The summed E-state index contributed by atoms with van der Waals surface area (Å²) < 4.78 is 11.1. The van der Waals surface area contributed by atoms with E-state index >= 15 is 0 Å². The smallest absolute Gasteiger partial charge is 0.261 e. The van der Waals surface area contributed by atoms with E-state index in [4.69, 9.17) is 44.3 Å². The van der Waals surface area contributed by atoms with Gasteiger partial charge in [-0.05, 0) is 44.9 Å². The van der Waals surface area contributed by atoms with Gasteiger partial charge in [0.05, 0.1) is 15.1 Å². The molecule has 0 aliphatic rings. The summed E-state index contributed by atoms with van der Waals surface area (Å²) >= 11 is 18.2. The summed E-state index contributed by atoms with van der Waals surface area (Å²) in [5.41, 5.74) is -0.452. The fourth-order valence-electron chi connectivity index (χ4n) is 3.21. The number of para-hydroxylation sites is 1. The summed E-state index contributed by atoms with van der Waals surface area (Å²) in [5.74, 6) is -0.407. The zero-order valence-electron chi connectivity index (χ0n) is 19.0. The quantitative estimate of drug-likeness (QED) is 0.274. The van der Waals surface area contributed by atoms with Crippen LogP contribution in [0, 0.1) is 0 Å². The maximum Gasteiger partial charge on any atom is 0.261 e. The van der Waals surface area contributed by atoms with Gasteiger partial charge in [0.25, 0.3) is 5.91 Å². The van der Waals surface area contributed by atoms with Crippen molar-refractivity contribution in [3.05, 3.63) is 57.5 Å². The summed E-state index contributed by atoms with van der Waals surface area (Å²) in [6.45, 7) is 6.57. The van der Waals surface area contributed by atoms with E-state index in [1.54, 1.807) is 19.1 Å². The molecule has 1 N–H and O–H groups in total. The van der Waals surface area contributed by atoms with Crippen LogP contribution in [0.15, 0.2) is 42.5 Å². The van der Waals surface area contributed by atoms with E-state index in [1.807, 2.05) is 32.0 Å². The van der Waals surface area contributed by atoms with E-state index < -0.39 is 5.54 Å². The third-order valence-corrected chi connectivity index (χ3v) is 6.32. The number of hydrogen-bond acceptors (Lipinski definition) is 4. The zero-order chi connectivity index (χ0) is 24.4. The number of amides is 2. The lowest BCUT2D eigenvalue weighted by Crippen LogP contribution is -2.58. The molecular formula is C24H29Cl3N2O4. The second-order valence-corrected chi connectivity index (χ2v) is 8.75. The first-order valence-corrected chi connectivity index (χ1v) is 11.9. The number of rotatable bonds is 12. The highest BCUT2D eigenvalue weighted by molar-refractivity contribution is 6.43. The van der Waals surface area contributed by atoms with Gasteiger partial charge in [-0.25, -0.2) is 0 Å². The minimum Gasteiger partial charge on any atom is -0.482 e. The molecule has 1 atom stereocenters. The second-order valence-electron chi connectivity index (χ2n) is 7.53. The van der Waals surface area contributed by atoms with Gasteiger partial charge in [-0.2, -0.15) is 0 Å². The highest BCUT2D eigenvalue weighted by Crippen LogP contribution is 2.34. The molecule has 2 aromatic rings. The zero-order valence-corrected chi connectivity index (χ0v) is 21.3. The van der Waals surface area contributed by atoms with Crippen molar-refractivity contribution in [3.8, 4) is 5.75 Å². The number of halogens is 3. The monoisotopic (exact) mass is 514 g/mol. The van der Waals surface area contributed by atoms with E-state index in [2.05, 4.69) is 5.32 Å². The Morgan fingerprint density at radius 3 is 2.33 bits per heavy atom. The number of nitrogens with zero attached hydrogens (tertiary/aromatic N) is 1. The number of carbonyl (C=O) groups is 2. The van der Waals surface area contributed by atoms with Gasteiger partial charge in [-0.3, -0.25) is 9.59 Å². The maximum atomic E-state index is 13.3. The Hall–Kier alpha value is -1.99. The molecule has 33 heavy (non-hydrogen) atoms. The van der Waals surface area contributed by atoms with Crippen molar-refractivity contribution in [2.24, 2.45) is 0 Å². The molecule has 0 saturated heterocycles. The summed E-state index contributed by atoms with van der Waals surface area (Å²) in [4.78, 5) is 28.1. The van der Waals surface area contributed by atoms with Crippen LogP contribution in [0.4, 0.5) is 5.69 Å². The molecule has 2 rings (SSSR count). The van der Waals surface area contributed by atoms with E-state index in [-0.39, 0.29) is 39.2 Å². The highest BCUT2D eigenvalue weighted by atomic mass is 35.5. The fraction of sp³-hybridized carbons (Fsp3) is 0.417. The number of hydrogen-bond donors (Lipinski definition) is 1. The Kier molecular flexibility index (Phi) is 10.8.